The zero-order chi connectivity index (χ0) is 37.0. The highest BCUT2D eigenvalue weighted by Gasteiger charge is 2.21. The summed E-state index contributed by atoms with van der Waals surface area (Å²) in [6.45, 7) is 0. The molecule has 262 valence electrons. The molecule has 0 aliphatic carbocycles. The lowest BCUT2D eigenvalue weighted by Crippen LogP contribution is -2.03. The molecule has 0 aliphatic heterocycles. The fraction of sp³-hybridized carbons (Fsp3) is 0. The fourth-order valence-electron chi connectivity index (χ4n) is 8.21. The molecule has 0 saturated carbocycles. The zero-order valence-corrected chi connectivity index (χ0v) is 30.3. The lowest BCUT2D eigenvalue weighted by Gasteiger charge is -2.15. The molecule has 8 aromatic carbocycles. The molecule has 11 rings (SSSR count). The Kier molecular flexibility index (Phi) is 7.42. The minimum Gasteiger partial charge on any atom is -0.309 e. The molecule has 0 N–H and O–H groups in total. The van der Waals surface area contributed by atoms with Crippen LogP contribution in [0.15, 0.2) is 200 Å². The Hall–Kier alpha value is -7.63. The summed E-state index contributed by atoms with van der Waals surface area (Å²) in [6, 6.07) is 70.4. The molecule has 3 heterocycles. The first-order chi connectivity index (χ1) is 27.8. The Morgan fingerprint density at radius 1 is 0.286 bits per heavy atom. The lowest BCUT2D eigenvalue weighted by atomic mass is 10.0. The van der Waals surface area contributed by atoms with E-state index in [0.29, 0.717) is 17.5 Å². The van der Waals surface area contributed by atoms with Crippen LogP contribution in [0.2, 0.25) is 0 Å². The molecule has 0 amide bonds. The van der Waals surface area contributed by atoms with E-state index in [-0.39, 0.29) is 0 Å². The van der Waals surface area contributed by atoms with Crippen molar-refractivity contribution < 1.29 is 0 Å². The molecule has 0 aliphatic rings. The summed E-state index contributed by atoms with van der Waals surface area (Å²) in [5.74, 6) is 1.89. The van der Waals surface area contributed by atoms with E-state index >= 15 is 0 Å². The molecule has 0 radical (unpaired) electrons. The molecule has 0 unspecified atom stereocenters. The van der Waals surface area contributed by atoms with E-state index in [4.69, 9.17) is 15.0 Å². The highest BCUT2D eigenvalue weighted by atomic mass is 15.1. The second-order valence-corrected chi connectivity index (χ2v) is 14.1. The second kappa shape index (κ2) is 13.0. The highest BCUT2D eigenvalue weighted by Crippen LogP contribution is 2.40. The summed E-state index contributed by atoms with van der Waals surface area (Å²) in [6.07, 6.45) is 0. The van der Waals surface area contributed by atoms with Crippen molar-refractivity contribution in [1.29, 1.82) is 0 Å². The molecule has 56 heavy (non-hydrogen) atoms. The Morgan fingerprint density at radius 2 is 0.786 bits per heavy atom. The van der Waals surface area contributed by atoms with Crippen molar-refractivity contribution in [2.24, 2.45) is 0 Å². The van der Waals surface area contributed by atoms with Gasteiger partial charge in [-0.05, 0) is 59.7 Å². The van der Waals surface area contributed by atoms with Crippen molar-refractivity contribution >= 4 is 43.6 Å². The third kappa shape index (κ3) is 5.21. The van der Waals surface area contributed by atoms with Crippen molar-refractivity contribution in [2.75, 3.05) is 0 Å². The fourth-order valence-corrected chi connectivity index (χ4v) is 8.21. The summed E-state index contributed by atoms with van der Waals surface area (Å²) in [5, 5.41) is 4.82. The smallest absolute Gasteiger partial charge is 0.166 e. The van der Waals surface area contributed by atoms with Gasteiger partial charge in [0.05, 0.1) is 27.8 Å². The third-order valence-electron chi connectivity index (χ3n) is 10.8. The molecule has 0 fully saturated rings. The maximum absolute atomic E-state index is 5.15. The maximum atomic E-state index is 5.15. The predicted molar refractivity (Wildman–Crippen MR) is 230 cm³/mol. The zero-order valence-electron chi connectivity index (χ0n) is 30.3. The average Bonchev–Trinajstić information content (AvgIpc) is 3.79. The number of fused-ring (bicyclic) bond motifs is 6. The first kappa shape index (κ1) is 31.9. The topological polar surface area (TPSA) is 48.5 Å². The van der Waals surface area contributed by atoms with Crippen LogP contribution in [0.4, 0.5) is 0 Å². The van der Waals surface area contributed by atoms with Gasteiger partial charge in [-0.25, -0.2) is 15.0 Å². The van der Waals surface area contributed by atoms with Gasteiger partial charge >= 0.3 is 0 Å². The molecular formula is C51H33N5. The van der Waals surface area contributed by atoms with Crippen LogP contribution in [0.3, 0.4) is 0 Å². The van der Waals surface area contributed by atoms with Gasteiger partial charge in [-0.3, -0.25) is 0 Å². The summed E-state index contributed by atoms with van der Waals surface area (Å²) < 4.78 is 4.77. The normalized spacial score (nSPS) is 11.6. The molecular weight excluding hydrogens is 683 g/mol. The van der Waals surface area contributed by atoms with Gasteiger partial charge in [-0.1, -0.05) is 152 Å². The molecule has 0 saturated heterocycles. The second-order valence-electron chi connectivity index (χ2n) is 14.1. The van der Waals surface area contributed by atoms with Gasteiger partial charge in [0, 0.05) is 43.9 Å². The molecule has 0 atom stereocenters. The number of benzene rings is 8. The quantitative estimate of drug-likeness (QED) is 0.172. The number of hydrogen-bond donors (Lipinski definition) is 0. The van der Waals surface area contributed by atoms with Crippen LogP contribution < -0.4 is 0 Å². The SMILES string of the molecule is c1ccc(-c2ccc3c(c2)c2ccccc2n3-c2ccc3c4ccccc4n(-c4ccccc4-c4nc(-c5ccccc5)nc(-c5ccccc5)n4)c3c2)cc1. The van der Waals surface area contributed by atoms with Crippen LogP contribution in [0.5, 0.6) is 0 Å². The van der Waals surface area contributed by atoms with Crippen molar-refractivity contribution in [2.45, 2.75) is 0 Å². The molecule has 0 bridgehead atoms. The summed E-state index contributed by atoms with van der Waals surface area (Å²) in [4.78, 5) is 15.3. The van der Waals surface area contributed by atoms with E-state index in [2.05, 4.69) is 149 Å². The van der Waals surface area contributed by atoms with Crippen molar-refractivity contribution in [3.05, 3.63) is 200 Å². The standard InChI is InChI=1S/C51H33N5/c1-4-16-34(17-5-1)37-28-31-47-43(32-37)40-23-11-13-25-44(40)55(47)38-29-30-41-39-22-10-14-26-45(39)56(48(41)33-38)46-27-15-12-24-42(46)51-53-49(35-18-6-2-7-19-35)52-50(54-51)36-20-8-3-9-21-36/h1-33H. The van der Waals surface area contributed by atoms with E-state index in [1.807, 2.05) is 60.7 Å². The number of rotatable bonds is 6. The van der Waals surface area contributed by atoms with E-state index in [1.54, 1.807) is 0 Å². The average molecular weight is 716 g/mol. The van der Waals surface area contributed by atoms with Crippen molar-refractivity contribution in [3.63, 3.8) is 0 Å². The van der Waals surface area contributed by atoms with Gasteiger partial charge in [0.25, 0.3) is 0 Å². The van der Waals surface area contributed by atoms with Gasteiger partial charge in [-0.2, -0.15) is 0 Å². The van der Waals surface area contributed by atoms with Crippen LogP contribution in [0.25, 0.3) is 100 Å². The lowest BCUT2D eigenvalue weighted by molar-refractivity contribution is 1.06. The third-order valence-corrected chi connectivity index (χ3v) is 10.8. The van der Waals surface area contributed by atoms with Crippen LogP contribution >= 0.6 is 0 Å². The molecule has 11 aromatic rings. The first-order valence-corrected chi connectivity index (χ1v) is 18.9. The van der Waals surface area contributed by atoms with Crippen molar-refractivity contribution in [3.8, 4) is 56.7 Å². The van der Waals surface area contributed by atoms with Crippen LogP contribution in [-0.4, -0.2) is 24.1 Å². The number of para-hydroxylation sites is 3. The largest absolute Gasteiger partial charge is 0.309 e. The Morgan fingerprint density at radius 3 is 1.46 bits per heavy atom. The van der Waals surface area contributed by atoms with E-state index in [1.165, 1.54) is 43.7 Å². The van der Waals surface area contributed by atoms with Crippen LogP contribution in [-0.2, 0) is 0 Å². The Labute approximate surface area is 323 Å². The highest BCUT2D eigenvalue weighted by molar-refractivity contribution is 6.13. The summed E-state index contributed by atoms with van der Waals surface area (Å²) in [7, 11) is 0. The number of aromatic nitrogens is 5. The molecule has 3 aromatic heterocycles. The predicted octanol–water partition coefficient (Wildman–Crippen LogP) is 12.7. The molecule has 5 nitrogen and oxygen atoms in total. The maximum Gasteiger partial charge on any atom is 0.166 e. The van der Waals surface area contributed by atoms with E-state index < -0.39 is 0 Å². The first-order valence-electron chi connectivity index (χ1n) is 18.9. The van der Waals surface area contributed by atoms with Crippen molar-refractivity contribution in [1.82, 2.24) is 24.1 Å². The minimum atomic E-state index is 0.618. The Balaban J connectivity index is 1.15. The van der Waals surface area contributed by atoms with Gasteiger partial charge in [0.1, 0.15) is 0 Å². The van der Waals surface area contributed by atoms with Gasteiger partial charge in [-0.15, -0.1) is 0 Å². The van der Waals surface area contributed by atoms with Gasteiger partial charge in [0.2, 0.25) is 0 Å². The minimum absolute atomic E-state index is 0.618. The van der Waals surface area contributed by atoms with Crippen LogP contribution in [0, 0.1) is 0 Å². The number of hydrogen-bond acceptors (Lipinski definition) is 3. The summed E-state index contributed by atoms with van der Waals surface area (Å²) >= 11 is 0. The Bertz CT molecular complexity index is 3180. The number of nitrogens with zero attached hydrogens (tertiary/aromatic N) is 5. The summed E-state index contributed by atoms with van der Waals surface area (Å²) in [5.41, 5.74) is 11.9. The van der Waals surface area contributed by atoms with E-state index in [0.717, 1.165) is 39.1 Å². The molecule has 5 heteroatoms. The van der Waals surface area contributed by atoms with Gasteiger partial charge < -0.3 is 9.13 Å². The van der Waals surface area contributed by atoms with Gasteiger partial charge in [0.15, 0.2) is 17.5 Å². The van der Waals surface area contributed by atoms with E-state index in [9.17, 15) is 0 Å². The van der Waals surface area contributed by atoms with Crippen LogP contribution in [0.1, 0.15) is 0 Å². The molecule has 0 spiro atoms. The monoisotopic (exact) mass is 715 g/mol.